The van der Waals surface area contributed by atoms with E-state index in [-0.39, 0.29) is 5.91 Å². The predicted octanol–water partition coefficient (Wildman–Crippen LogP) is 3.17. The van der Waals surface area contributed by atoms with Gasteiger partial charge in [-0.2, -0.15) is 0 Å². The molecule has 1 saturated heterocycles. The Morgan fingerprint density at radius 2 is 2.05 bits per heavy atom. The third kappa shape index (κ3) is 2.94. The van der Waals surface area contributed by atoms with Gasteiger partial charge in [0.15, 0.2) is 0 Å². The van der Waals surface area contributed by atoms with E-state index >= 15 is 0 Å². The van der Waals surface area contributed by atoms with Crippen molar-refractivity contribution in [2.75, 3.05) is 20.6 Å². The largest absolute Gasteiger partial charge is 0.347 e. The van der Waals surface area contributed by atoms with Gasteiger partial charge in [0, 0.05) is 19.0 Å². The fourth-order valence-electron chi connectivity index (χ4n) is 3.22. The summed E-state index contributed by atoms with van der Waals surface area (Å²) in [6.45, 7) is 0.923. The van der Waals surface area contributed by atoms with Gasteiger partial charge in [0.2, 0.25) is 5.91 Å². The molecule has 3 nitrogen and oxygen atoms in total. The van der Waals surface area contributed by atoms with E-state index in [1.165, 1.54) is 16.0 Å². The maximum atomic E-state index is 12.6. The Hall–Kier alpha value is -1.65. The zero-order chi connectivity index (χ0) is 15.6. The Bertz CT molecular complexity index is 626. The molecule has 1 atom stereocenters. The molecule has 0 spiro atoms. The molecular formula is C18H22N2OS. The van der Waals surface area contributed by atoms with E-state index < -0.39 is 5.54 Å². The molecule has 1 amide bonds. The van der Waals surface area contributed by atoms with Gasteiger partial charge in [-0.1, -0.05) is 30.3 Å². The number of likely N-dealkylation sites (N-methyl/N-ethyl adjacent to an activating group) is 1. The lowest BCUT2D eigenvalue weighted by atomic mass is 9.87. The third-order valence-corrected chi connectivity index (χ3v) is 5.24. The van der Waals surface area contributed by atoms with Crippen LogP contribution in [0.1, 0.15) is 18.4 Å². The van der Waals surface area contributed by atoms with Gasteiger partial charge in [0.1, 0.15) is 5.54 Å². The fraction of sp³-hybridized carbons (Fsp3) is 0.389. The highest BCUT2D eigenvalue weighted by Crippen LogP contribution is 2.28. The number of nitrogens with zero attached hydrogens (tertiary/aromatic N) is 1. The minimum Gasteiger partial charge on any atom is -0.347 e. The molecule has 1 aromatic heterocycles. The number of amides is 1. The first kappa shape index (κ1) is 15.3. The molecule has 0 bridgehead atoms. The second-order valence-corrected chi connectivity index (χ2v) is 7.11. The van der Waals surface area contributed by atoms with Crippen molar-refractivity contribution in [2.24, 2.45) is 0 Å². The number of carbonyl (C=O) groups is 1. The van der Waals surface area contributed by atoms with Gasteiger partial charge in [0.25, 0.3) is 0 Å². The second kappa shape index (κ2) is 6.23. The molecule has 0 aliphatic carbocycles. The number of nitrogens with one attached hydrogen (secondary N) is 1. The van der Waals surface area contributed by atoms with Crippen LogP contribution in [-0.2, 0) is 11.2 Å². The van der Waals surface area contributed by atoms with Gasteiger partial charge >= 0.3 is 0 Å². The number of thiophene rings is 1. The van der Waals surface area contributed by atoms with Crippen LogP contribution in [0.15, 0.2) is 41.8 Å². The lowest BCUT2D eigenvalue weighted by Crippen LogP contribution is -2.54. The Labute approximate surface area is 136 Å². The number of carbonyl (C=O) groups excluding carboxylic acids is 1. The van der Waals surface area contributed by atoms with Crippen LogP contribution in [0, 0.1) is 0 Å². The molecule has 1 aliphatic rings. The molecule has 1 aliphatic heterocycles. The van der Waals surface area contributed by atoms with Crippen molar-refractivity contribution in [1.82, 2.24) is 10.2 Å². The topological polar surface area (TPSA) is 32.3 Å². The molecule has 4 heteroatoms. The summed E-state index contributed by atoms with van der Waals surface area (Å²) in [5.41, 5.74) is 2.03. The summed E-state index contributed by atoms with van der Waals surface area (Å²) in [4.78, 5) is 15.6. The first-order valence-electron chi connectivity index (χ1n) is 7.70. The Morgan fingerprint density at radius 1 is 1.27 bits per heavy atom. The zero-order valence-electron chi connectivity index (χ0n) is 13.1. The molecule has 22 heavy (non-hydrogen) atoms. The van der Waals surface area contributed by atoms with Crippen LogP contribution in [0.3, 0.4) is 0 Å². The van der Waals surface area contributed by atoms with Crippen molar-refractivity contribution >= 4 is 17.2 Å². The molecule has 116 valence electrons. The van der Waals surface area contributed by atoms with Gasteiger partial charge in [-0.3, -0.25) is 4.79 Å². The lowest BCUT2D eigenvalue weighted by molar-refractivity contribution is -0.135. The Morgan fingerprint density at radius 3 is 2.59 bits per heavy atom. The quantitative estimate of drug-likeness (QED) is 0.940. The van der Waals surface area contributed by atoms with Crippen molar-refractivity contribution < 1.29 is 4.79 Å². The monoisotopic (exact) mass is 314 g/mol. The maximum Gasteiger partial charge on any atom is 0.242 e. The molecule has 3 rings (SSSR count). The van der Waals surface area contributed by atoms with E-state index in [1.54, 1.807) is 16.2 Å². The Kier molecular flexibility index (Phi) is 4.32. The minimum absolute atomic E-state index is 0.187. The number of hydrogen-bond donors (Lipinski definition) is 1. The van der Waals surface area contributed by atoms with Crippen molar-refractivity contribution in [3.8, 4) is 10.4 Å². The average Bonchev–Trinajstić information content (AvgIpc) is 3.19. The number of rotatable bonds is 4. The number of hydrogen-bond acceptors (Lipinski definition) is 3. The van der Waals surface area contributed by atoms with Crippen LogP contribution < -0.4 is 5.32 Å². The van der Waals surface area contributed by atoms with Gasteiger partial charge < -0.3 is 10.2 Å². The Balaban J connectivity index is 1.80. The standard InChI is InChI=1S/C18H22N2OS/c1-20(2)17(21)18(10-4-11-19-18)13-14-6-8-15(9-7-14)16-5-3-12-22-16/h3,5-9,12,19H,4,10-11,13H2,1-2H3. The van der Waals surface area contributed by atoms with Crippen molar-refractivity contribution in [3.05, 3.63) is 47.3 Å². The van der Waals surface area contributed by atoms with E-state index in [0.717, 1.165) is 25.8 Å². The second-order valence-electron chi connectivity index (χ2n) is 6.16. The van der Waals surface area contributed by atoms with E-state index in [2.05, 4.69) is 47.1 Å². The summed E-state index contributed by atoms with van der Waals surface area (Å²) < 4.78 is 0. The highest BCUT2D eigenvalue weighted by atomic mass is 32.1. The molecule has 1 N–H and O–H groups in total. The van der Waals surface area contributed by atoms with Gasteiger partial charge in [-0.25, -0.2) is 0 Å². The van der Waals surface area contributed by atoms with Crippen LogP contribution in [-0.4, -0.2) is 37.0 Å². The average molecular weight is 314 g/mol. The molecule has 0 radical (unpaired) electrons. The SMILES string of the molecule is CN(C)C(=O)C1(Cc2ccc(-c3cccs3)cc2)CCCN1. The molecule has 2 heterocycles. The van der Waals surface area contributed by atoms with E-state index in [1.807, 2.05) is 14.1 Å². The normalized spacial score (nSPS) is 21.0. The summed E-state index contributed by atoms with van der Waals surface area (Å²) in [6, 6.07) is 12.8. The first-order valence-corrected chi connectivity index (χ1v) is 8.58. The van der Waals surface area contributed by atoms with Crippen LogP contribution >= 0.6 is 11.3 Å². The van der Waals surface area contributed by atoms with Crippen LogP contribution in [0.25, 0.3) is 10.4 Å². The highest BCUT2D eigenvalue weighted by Gasteiger charge is 2.41. The van der Waals surface area contributed by atoms with Crippen LogP contribution in [0.5, 0.6) is 0 Å². The molecule has 1 unspecified atom stereocenters. The first-order chi connectivity index (χ1) is 10.6. The van der Waals surface area contributed by atoms with Crippen LogP contribution in [0.4, 0.5) is 0 Å². The molecular weight excluding hydrogens is 292 g/mol. The summed E-state index contributed by atoms with van der Waals surface area (Å²) in [7, 11) is 3.67. The van der Waals surface area contributed by atoms with Crippen LogP contribution in [0.2, 0.25) is 0 Å². The molecule has 1 aromatic carbocycles. The van der Waals surface area contributed by atoms with Gasteiger partial charge in [-0.05, 0) is 48.4 Å². The highest BCUT2D eigenvalue weighted by molar-refractivity contribution is 7.13. The van der Waals surface area contributed by atoms with Crippen molar-refractivity contribution in [3.63, 3.8) is 0 Å². The third-order valence-electron chi connectivity index (χ3n) is 4.32. The van der Waals surface area contributed by atoms with E-state index in [0.29, 0.717) is 0 Å². The van der Waals surface area contributed by atoms with Gasteiger partial charge in [-0.15, -0.1) is 11.3 Å². The number of benzene rings is 1. The fourth-order valence-corrected chi connectivity index (χ4v) is 3.95. The summed E-state index contributed by atoms with van der Waals surface area (Å²) in [6.07, 6.45) is 2.73. The van der Waals surface area contributed by atoms with Crippen molar-refractivity contribution in [2.45, 2.75) is 24.8 Å². The van der Waals surface area contributed by atoms with Gasteiger partial charge in [0.05, 0.1) is 0 Å². The molecule has 1 fully saturated rings. The summed E-state index contributed by atoms with van der Waals surface area (Å²) >= 11 is 1.75. The summed E-state index contributed by atoms with van der Waals surface area (Å²) in [5, 5.41) is 5.55. The van der Waals surface area contributed by atoms with E-state index in [9.17, 15) is 4.79 Å². The van der Waals surface area contributed by atoms with Crippen molar-refractivity contribution in [1.29, 1.82) is 0 Å². The molecule has 0 saturated carbocycles. The van der Waals surface area contributed by atoms with E-state index in [4.69, 9.17) is 0 Å². The smallest absolute Gasteiger partial charge is 0.242 e. The lowest BCUT2D eigenvalue weighted by Gasteiger charge is -2.31. The minimum atomic E-state index is -0.423. The zero-order valence-corrected chi connectivity index (χ0v) is 14.0. The summed E-state index contributed by atoms with van der Waals surface area (Å²) in [5.74, 6) is 0.187. The predicted molar refractivity (Wildman–Crippen MR) is 92.1 cm³/mol. The molecule has 2 aromatic rings. The maximum absolute atomic E-state index is 12.6.